The van der Waals surface area contributed by atoms with Crippen LogP contribution in [0.15, 0.2) is 42.5 Å². The number of hydrogen-bond donors (Lipinski definition) is 1. The van der Waals surface area contributed by atoms with Crippen molar-refractivity contribution in [3.8, 4) is 11.8 Å². The second kappa shape index (κ2) is 5.89. The highest BCUT2D eigenvalue weighted by Crippen LogP contribution is 2.19. The van der Waals surface area contributed by atoms with Gasteiger partial charge in [0.2, 0.25) is 0 Å². The Balaban J connectivity index is 2.35. The lowest BCUT2D eigenvalue weighted by Crippen LogP contribution is -2.03. The highest BCUT2D eigenvalue weighted by molar-refractivity contribution is 5.91. The van der Waals surface area contributed by atoms with Crippen LogP contribution in [0.1, 0.15) is 27.0 Å². The van der Waals surface area contributed by atoms with Gasteiger partial charge in [-0.15, -0.1) is 0 Å². The van der Waals surface area contributed by atoms with E-state index in [9.17, 15) is 10.1 Å². The Bertz CT molecular complexity index is 669. The molecule has 0 saturated heterocycles. The van der Waals surface area contributed by atoms with Gasteiger partial charge in [0.05, 0.1) is 18.2 Å². The highest BCUT2D eigenvalue weighted by atomic mass is 16.5. The van der Waals surface area contributed by atoms with Gasteiger partial charge in [0.15, 0.2) is 0 Å². The van der Waals surface area contributed by atoms with Crippen LogP contribution >= 0.6 is 0 Å². The van der Waals surface area contributed by atoms with Crippen molar-refractivity contribution in [2.24, 2.45) is 0 Å². The van der Waals surface area contributed by atoms with Crippen LogP contribution < -0.4 is 4.74 Å². The van der Waals surface area contributed by atoms with Gasteiger partial charge in [-0.1, -0.05) is 24.3 Å². The zero-order valence-electron chi connectivity index (χ0n) is 11.0. The molecule has 0 spiro atoms. The standard InChI is InChI=1S/C16H13NO3/c1-20-13-7-5-11(6-8-13)9-12-3-2-4-14(16(18)19)15(12)10-17/h2-8H,9H2,1H3,(H,18,19). The largest absolute Gasteiger partial charge is 0.497 e. The molecule has 0 aliphatic heterocycles. The average Bonchev–Trinajstić information content (AvgIpc) is 2.47. The summed E-state index contributed by atoms with van der Waals surface area (Å²) in [5.41, 5.74) is 1.96. The fourth-order valence-corrected chi connectivity index (χ4v) is 2.02. The SMILES string of the molecule is COc1ccc(Cc2cccc(C(=O)O)c2C#N)cc1. The molecule has 4 heteroatoms. The van der Waals surface area contributed by atoms with Gasteiger partial charge in [0.25, 0.3) is 0 Å². The van der Waals surface area contributed by atoms with Gasteiger partial charge in [-0.05, 0) is 35.7 Å². The topological polar surface area (TPSA) is 70.3 Å². The van der Waals surface area contributed by atoms with E-state index in [1.54, 1.807) is 19.2 Å². The Kier molecular flexibility index (Phi) is 4.02. The lowest BCUT2D eigenvalue weighted by atomic mass is 9.96. The zero-order chi connectivity index (χ0) is 14.5. The Morgan fingerprint density at radius 1 is 1.25 bits per heavy atom. The number of carbonyl (C=O) groups is 1. The Morgan fingerprint density at radius 3 is 2.50 bits per heavy atom. The van der Waals surface area contributed by atoms with E-state index in [-0.39, 0.29) is 11.1 Å². The van der Waals surface area contributed by atoms with Gasteiger partial charge >= 0.3 is 5.97 Å². The van der Waals surface area contributed by atoms with Crippen LogP contribution in [-0.4, -0.2) is 18.2 Å². The Labute approximate surface area is 116 Å². The van der Waals surface area contributed by atoms with Crippen LogP contribution in [0.2, 0.25) is 0 Å². The van der Waals surface area contributed by atoms with E-state index in [0.29, 0.717) is 12.0 Å². The van der Waals surface area contributed by atoms with Crippen LogP contribution in [0.3, 0.4) is 0 Å². The normalized spacial score (nSPS) is 9.80. The van der Waals surface area contributed by atoms with Crippen LogP contribution in [0, 0.1) is 11.3 Å². The van der Waals surface area contributed by atoms with Crippen LogP contribution in [0.4, 0.5) is 0 Å². The maximum Gasteiger partial charge on any atom is 0.337 e. The number of nitrogens with zero attached hydrogens (tertiary/aromatic N) is 1. The minimum atomic E-state index is -1.09. The molecule has 1 N–H and O–H groups in total. The van der Waals surface area contributed by atoms with Gasteiger partial charge in [-0.2, -0.15) is 5.26 Å². The second-order valence-corrected chi connectivity index (χ2v) is 4.28. The van der Waals surface area contributed by atoms with E-state index < -0.39 is 5.97 Å². The van der Waals surface area contributed by atoms with Crippen molar-refractivity contribution < 1.29 is 14.6 Å². The first-order valence-corrected chi connectivity index (χ1v) is 6.04. The molecule has 0 aliphatic carbocycles. The van der Waals surface area contributed by atoms with Crippen molar-refractivity contribution in [2.75, 3.05) is 7.11 Å². The van der Waals surface area contributed by atoms with E-state index >= 15 is 0 Å². The third-order valence-corrected chi connectivity index (χ3v) is 3.05. The average molecular weight is 267 g/mol. The highest BCUT2D eigenvalue weighted by Gasteiger charge is 2.13. The number of carboxylic acid groups (broad SMARTS) is 1. The summed E-state index contributed by atoms with van der Waals surface area (Å²) in [5, 5.41) is 18.3. The molecule has 0 fully saturated rings. The van der Waals surface area contributed by atoms with E-state index in [1.807, 2.05) is 30.3 Å². The maximum absolute atomic E-state index is 11.1. The van der Waals surface area contributed by atoms with E-state index in [1.165, 1.54) is 6.07 Å². The molecular formula is C16H13NO3. The predicted molar refractivity (Wildman–Crippen MR) is 73.9 cm³/mol. The van der Waals surface area contributed by atoms with Crippen LogP contribution in [0.25, 0.3) is 0 Å². The minimum Gasteiger partial charge on any atom is -0.497 e. The first-order valence-electron chi connectivity index (χ1n) is 6.04. The van der Waals surface area contributed by atoms with Crippen molar-refractivity contribution in [3.05, 3.63) is 64.7 Å². The Morgan fingerprint density at radius 2 is 1.95 bits per heavy atom. The van der Waals surface area contributed by atoms with E-state index in [2.05, 4.69) is 0 Å². The first kappa shape index (κ1) is 13.6. The number of methoxy groups -OCH3 is 1. The first-order chi connectivity index (χ1) is 9.65. The summed E-state index contributed by atoms with van der Waals surface area (Å²) in [6, 6.07) is 14.3. The molecule has 0 heterocycles. The molecule has 0 unspecified atom stereocenters. The molecule has 2 rings (SSSR count). The van der Waals surface area contributed by atoms with E-state index in [0.717, 1.165) is 11.3 Å². The van der Waals surface area contributed by atoms with Crippen molar-refractivity contribution in [1.82, 2.24) is 0 Å². The fourth-order valence-electron chi connectivity index (χ4n) is 2.02. The third kappa shape index (κ3) is 2.78. The Hall–Kier alpha value is -2.80. The minimum absolute atomic E-state index is 0.0403. The smallest absolute Gasteiger partial charge is 0.337 e. The maximum atomic E-state index is 11.1. The van der Waals surface area contributed by atoms with Gasteiger partial charge in [0.1, 0.15) is 11.8 Å². The molecule has 0 amide bonds. The number of aromatic carboxylic acids is 1. The molecule has 0 bridgehead atoms. The molecule has 4 nitrogen and oxygen atoms in total. The molecule has 0 radical (unpaired) electrons. The summed E-state index contributed by atoms with van der Waals surface area (Å²) in [6.07, 6.45) is 0.508. The summed E-state index contributed by atoms with van der Waals surface area (Å²) in [7, 11) is 1.60. The van der Waals surface area contributed by atoms with E-state index in [4.69, 9.17) is 9.84 Å². The number of carboxylic acids is 1. The van der Waals surface area contributed by atoms with Gasteiger partial charge in [0, 0.05) is 0 Å². The molecule has 2 aromatic carbocycles. The van der Waals surface area contributed by atoms with Crippen molar-refractivity contribution >= 4 is 5.97 Å². The summed E-state index contributed by atoms with van der Waals surface area (Å²) in [4.78, 5) is 11.1. The summed E-state index contributed by atoms with van der Waals surface area (Å²) < 4.78 is 5.08. The monoisotopic (exact) mass is 267 g/mol. The summed E-state index contributed by atoms with van der Waals surface area (Å²) >= 11 is 0. The lowest BCUT2D eigenvalue weighted by molar-refractivity contribution is 0.0696. The van der Waals surface area contributed by atoms with Gasteiger partial charge < -0.3 is 9.84 Å². The summed E-state index contributed by atoms with van der Waals surface area (Å²) in [5.74, 6) is -0.327. The summed E-state index contributed by atoms with van der Waals surface area (Å²) in [6.45, 7) is 0. The lowest BCUT2D eigenvalue weighted by Gasteiger charge is -2.07. The van der Waals surface area contributed by atoms with Crippen molar-refractivity contribution in [2.45, 2.75) is 6.42 Å². The second-order valence-electron chi connectivity index (χ2n) is 4.28. The number of hydrogen-bond acceptors (Lipinski definition) is 3. The molecule has 0 aromatic heterocycles. The number of ether oxygens (including phenoxy) is 1. The molecule has 20 heavy (non-hydrogen) atoms. The van der Waals surface area contributed by atoms with Crippen molar-refractivity contribution in [1.29, 1.82) is 5.26 Å². The third-order valence-electron chi connectivity index (χ3n) is 3.05. The molecule has 100 valence electrons. The zero-order valence-corrected chi connectivity index (χ0v) is 11.0. The van der Waals surface area contributed by atoms with Gasteiger partial charge in [-0.25, -0.2) is 4.79 Å². The molecule has 0 aliphatic rings. The van der Waals surface area contributed by atoms with Crippen molar-refractivity contribution in [3.63, 3.8) is 0 Å². The van der Waals surface area contributed by atoms with Crippen LogP contribution in [-0.2, 0) is 6.42 Å². The van der Waals surface area contributed by atoms with Gasteiger partial charge in [-0.3, -0.25) is 0 Å². The quantitative estimate of drug-likeness (QED) is 0.924. The number of nitriles is 1. The number of benzene rings is 2. The molecule has 0 saturated carbocycles. The molecule has 2 aromatic rings. The van der Waals surface area contributed by atoms with Crippen LogP contribution in [0.5, 0.6) is 5.75 Å². The molecular weight excluding hydrogens is 254 g/mol. The predicted octanol–water partition coefficient (Wildman–Crippen LogP) is 2.86. The number of rotatable bonds is 4. The molecule has 0 atom stereocenters. The fraction of sp³-hybridized carbons (Fsp3) is 0.125.